The Bertz CT molecular complexity index is 416. The van der Waals surface area contributed by atoms with Crippen LogP contribution in [0.15, 0.2) is 12.2 Å². The minimum atomic E-state index is -0.213. The highest BCUT2D eigenvalue weighted by atomic mass is 16.2. The van der Waals surface area contributed by atoms with Crippen LogP contribution in [0.1, 0.15) is 39.5 Å². The van der Waals surface area contributed by atoms with E-state index in [1.807, 2.05) is 13.8 Å². The molecule has 2 rings (SSSR count). The fourth-order valence-electron chi connectivity index (χ4n) is 2.88. The van der Waals surface area contributed by atoms with E-state index in [1.165, 1.54) is 17.1 Å². The summed E-state index contributed by atoms with van der Waals surface area (Å²) in [5, 5.41) is 2.95. The molecule has 2 aliphatic rings. The van der Waals surface area contributed by atoms with E-state index in [0.717, 1.165) is 25.7 Å². The SMILES string of the molecule is CC(C)NC(=O)C1CCC(CN2C(=O)C=CC2=O)CC1. The molecule has 1 N–H and O–H groups in total. The van der Waals surface area contributed by atoms with E-state index in [-0.39, 0.29) is 29.7 Å². The van der Waals surface area contributed by atoms with E-state index in [0.29, 0.717) is 12.5 Å². The monoisotopic (exact) mass is 278 g/mol. The van der Waals surface area contributed by atoms with Gasteiger partial charge in [0.25, 0.3) is 11.8 Å². The lowest BCUT2D eigenvalue weighted by Crippen LogP contribution is -2.39. The number of nitrogens with one attached hydrogen (secondary N) is 1. The molecule has 0 atom stereocenters. The molecule has 5 heteroatoms. The van der Waals surface area contributed by atoms with Crippen LogP contribution in [-0.2, 0) is 14.4 Å². The predicted octanol–water partition coefficient (Wildman–Crippen LogP) is 1.24. The van der Waals surface area contributed by atoms with Crippen molar-refractivity contribution in [2.24, 2.45) is 11.8 Å². The zero-order valence-corrected chi connectivity index (χ0v) is 12.1. The van der Waals surface area contributed by atoms with E-state index < -0.39 is 0 Å². The first-order chi connectivity index (χ1) is 9.47. The molecule has 0 aromatic carbocycles. The maximum Gasteiger partial charge on any atom is 0.253 e. The largest absolute Gasteiger partial charge is 0.354 e. The van der Waals surface area contributed by atoms with Gasteiger partial charge in [-0.2, -0.15) is 0 Å². The van der Waals surface area contributed by atoms with Gasteiger partial charge in [-0.3, -0.25) is 19.3 Å². The van der Waals surface area contributed by atoms with Gasteiger partial charge in [0.05, 0.1) is 0 Å². The second kappa shape index (κ2) is 6.20. The first-order valence-electron chi connectivity index (χ1n) is 7.31. The van der Waals surface area contributed by atoms with Gasteiger partial charge in [-0.15, -0.1) is 0 Å². The predicted molar refractivity (Wildman–Crippen MR) is 74.6 cm³/mol. The van der Waals surface area contributed by atoms with Crippen LogP contribution in [0, 0.1) is 11.8 Å². The van der Waals surface area contributed by atoms with Gasteiger partial charge in [0.15, 0.2) is 0 Å². The quantitative estimate of drug-likeness (QED) is 0.787. The summed E-state index contributed by atoms with van der Waals surface area (Å²) in [4.78, 5) is 36.2. The second-order valence-corrected chi connectivity index (χ2v) is 6.00. The first-order valence-corrected chi connectivity index (χ1v) is 7.31. The van der Waals surface area contributed by atoms with Crippen LogP contribution in [0.2, 0.25) is 0 Å². The average molecular weight is 278 g/mol. The number of rotatable bonds is 4. The van der Waals surface area contributed by atoms with Crippen LogP contribution in [0.25, 0.3) is 0 Å². The minimum Gasteiger partial charge on any atom is -0.354 e. The summed E-state index contributed by atoms with van der Waals surface area (Å²) in [5.41, 5.74) is 0. The summed E-state index contributed by atoms with van der Waals surface area (Å²) in [6, 6.07) is 0.172. The van der Waals surface area contributed by atoms with Crippen molar-refractivity contribution in [3.63, 3.8) is 0 Å². The minimum absolute atomic E-state index is 0.0803. The number of nitrogens with zero attached hydrogens (tertiary/aromatic N) is 1. The fraction of sp³-hybridized carbons (Fsp3) is 0.667. The third-order valence-corrected chi connectivity index (χ3v) is 3.99. The van der Waals surface area contributed by atoms with Crippen molar-refractivity contribution in [2.75, 3.05) is 6.54 Å². The summed E-state index contributed by atoms with van der Waals surface area (Å²) in [6.07, 6.45) is 6.12. The zero-order chi connectivity index (χ0) is 14.7. The highest BCUT2D eigenvalue weighted by Gasteiger charge is 2.31. The van der Waals surface area contributed by atoms with Crippen molar-refractivity contribution in [1.82, 2.24) is 10.2 Å². The molecule has 20 heavy (non-hydrogen) atoms. The van der Waals surface area contributed by atoms with Crippen LogP contribution < -0.4 is 5.32 Å². The Morgan fingerprint density at radius 1 is 1.20 bits per heavy atom. The van der Waals surface area contributed by atoms with Gasteiger partial charge in [0.1, 0.15) is 0 Å². The standard InChI is InChI=1S/C15H22N2O3/c1-10(2)16-15(20)12-5-3-11(4-6-12)9-17-13(18)7-8-14(17)19/h7-8,10-12H,3-6,9H2,1-2H3,(H,16,20). The van der Waals surface area contributed by atoms with Crippen molar-refractivity contribution in [3.05, 3.63) is 12.2 Å². The molecular formula is C15H22N2O3. The lowest BCUT2D eigenvalue weighted by atomic mass is 9.81. The number of hydrogen-bond donors (Lipinski definition) is 1. The Morgan fingerprint density at radius 3 is 2.25 bits per heavy atom. The molecule has 1 heterocycles. The Labute approximate surface area is 119 Å². The molecule has 110 valence electrons. The molecule has 5 nitrogen and oxygen atoms in total. The lowest BCUT2D eigenvalue weighted by Gasteiger charge is -2.30. The van der Waals surface area contributed by atoms with Gasteiger partial charge in [-0.1, -0.05) is 0 Å². The number of carbonyl (C=O) groups is 3. The third kappa shape index (κ3) is 3.46. The molecule has 0 saturated heterocycles. The third-order valence-electron chi connectivity index (χ3n) is 3.99. The Morgan fingerprint density at radius 2 is 1.75 bits per heavy atom. The number of imide groups is 1. The van der Waals surface area contributed by atoms with E-state index in [2.05, 4.69) is 5.32 Å². The van der Waals surface area contributed by atoms with Crippen molar-refractivity contribution in [3.8, 4) is 0 Å². The van der Waals surface area contributed by atoms with Gasteiger partial charge in [0, 0.05) is 30.7 Å². The molecule has 0 spiro atoms. The maximum absolute atomic E-state index is 11.9. The highest BCUT2D eigenvalue weighted by Crippen LogP contribution is 2.30. The highest BCUT2D eigenvalue weighted by molar-refractivity contribution is 6.12. The van der Waals surface area contributed by atoms with E-state index in [9.17, 15) is 14.4 Å². The summed E-state index contributed by atoms with van der Waals surface area (Å²) >= 11 is 0. The Balaban J connectivity index is 1.78. The van der Waals surface area contributed by atoms with Crippen molar-refractivity contribution in [2.45, 2.75) is 45.6 Å². The van der Waals surface area contributed by atoms with E-state index in [4.69, 9.17) is 0 Å². The smallest absolute Gasteiger partial charge is 0.253 e. The Hall–Kier alpha value is -1.65. The van der Waals surface area contributed by atoms with Crippen molar-refractivity contribution in [1.29, 1.82) is 0 Å². The lowest BCUT2D eigenvalue weighted by molar-refractivity contribution is -0.138. The van der Waals surface area contributed by atoms with Gasteiger partial charge in [-0.05, 0) is 45.4 Å². The van der Waals surface area contributed by atoms with Gasteiger partial charge >= 0.3 is 0 Å². The van der Waals surface area contributed by atoms with Crippen LogP contribution >= 0.6 is 0 Å². The molecule has 1 fully saturated rings. The van der Waals surface area contributed by atoms with Crippen molar-refractivity contribution < 1.29 is 14.4 Å². The van der Waals surface area contributed by atoms with Gasteiger partial charge in [0.2, 0.25) is 5.91 Å². The van der Waals surface area contributed by atoms with Gasteiger partial charge < -0.3 is 5.32 Å². The Kier molecular flexibility index (Phi) is 4.57. The molecule has 0 aromatic heterocycles. The van der Waals surface area contributed by atoms with Crippen LogP contribution in [0.5, 0.6) is 0 Å². The number of hydrogen-bond acceptors (Lipinski definition) is 3. The molecular weight excluding hydrogens is 256 g/mol. The normalized spacial score (nSPS) is 26.4. The molecule has 0 radical (unpaired) electrons. The van der Waals surface area contributed by atoms with E-state index >= 15 is 0 Å². The molecule has 0 aromatic rings. The van der Waals surface area contributed by atoms with Gasteiger partial charge in [-0.25, -0.2) is 0 Å². The molecule has 0 bridgehead atoms. The van der Waals surface area contributed by atoms with E-state index in [1.54, 1.807) is 0 Å². The summed E-state index contributed by atoms with van der Waals surface area (Å²) in [7, 11) is 0. The maximum atomic E-state index is 11.9. The summed E-state index contributed by atoms with van der Waals surface area (Å²) in [5.74, 6) is 0.112. The van der Waals surface area contributed by atoms with Crippen LogP contribution in [0.3, 0.4) is 0 Å². The van der Waals surface area contributed by atoms with Crippen LogP contribution in [-0.4, -0.2) is 35.2 Å². The topological polar surface area (TPSA) is 66.5 Å². The molecule has 0 unspecified atom stereocenters. The summed E-state index contributed by atoms with van der Waals surface area (Å²) in [6.45, 7) is 4.41. The molecule has 3 amide bonds. The molecule has 1 aliphatic heterocycles. The fourth-order valence-corrected chi connectivity index (χ4v) is 2.88. The van der Waals surface area contributed by atoms with Crippen LogP contribution in [0.4, 0.5) is 0 Å². The second-order valence-electron chi connectivity index (χ2n) is 6.00. The summed E-state index contributed by atoms with van der Waals surface area (Å²) < 4.78 is 0. The average Bonchev–Trinajstić information content (AvgIpc) is 2.70. The van der Waals surface area contributed by atoms with Crippen molar-refractivity contribution >= 4 is 17.7 Å². The number of amides is 3. The number of carbonyl (C=O) groups excluding carboxylic acids is 3. The molecule has 1 aliphatic carbocycles. The zero-order valence-electron chi connectivity index (χ0n) is 12.1. The molecule has 1 saturated carbocycles. The first kappa shape index (κ1) is 14.8.